The fraction of sp³-hybridized carbons (Fsp3) is 0.240. The molecule has 2 aromatic heterocycles. The van der Waals surface area contributed by atoms with Gasteiger partial charge in [-0.2, -0.15) is 0 Å². The summed E-state index contributed by atoms with van der Waals surface area (Å²) in [6, 6.07) is 14.2. The number of fused-ring (bicyclic) bond motifs is 3. The van der Waals surface area contributed by atoms with Gasteiger partial charge in [-0.05, 0) is 43.0 Å². The molecule has 2 N–H and O–H groups in total. The molecule has 0 radical (unpaired) electrons. The lowest BCUT2D eigenvalue weighted by Crippen LogP contribution is -2.29. The van der Waals surface area contributed by atoms with Gasteiger partial charge in [0.25, 0.3) is 0 Å². The summed E-state index contributed by atoms with van der Waals surface area (Å²) in [6.07, 6.45) is 3.82. The first-order valence-electron chi connectivity index (χ1n) is 11.0. The molecule has 7 nitrogen and oxygen atoms in total. The molecule has 1 aliphatic carbocycles. The van der Waals surface area contributed by atoms with E-state index < -0.39 is 5.82 Å². The molecule has 2 aliphatic rings. The maximum atomic E-state index is 14.0. The molecule has 1 aliphatic heterocycles. The van der Waals surface area contributed by atoms with E-state index in [9.17, 15) is 9.18 Å². The summed E-state index contributed by atoms with van der Waals surface area (Å²) < 4.78 is 14.0. The number of ketones is 1. The third kappa shape index (κ3) is 3.38. The molecular weight excluding hydrogens is 419 g/mol. The van der Waals surface area contributed by atoms with Crippen molar-refractivity contribution in [3.8, 4) is 0 Å². The van der Waals surface area contributed by atoms with Crippen LogP contribution in [-0.2, 0) is 6.42 Å². The second kappa shape index (κ2) is 7.58. The molecule has 33 heavy (non-hydrogen) atoms. The standard InChI is InChI=1S/C25H21FN6O/c1-13(31-25-22-24(28-11-27-22)29-12-30-25)21-19-17(9-14-5-3-2-4-6-14)20(19)23(33)16-10-15(26)7-8-18(16)32-21/h2-8,10-13,17,19-20H,9H2,1H3,(H2,27,28,29,30,31). The lowest BCUT2D eigenvalue weighted by Gasteiger charge is -2.18. The predicted octanol–water partition coefficient (Wildman–Crippen LogP) is 4.37. The van der Waals surface area contributed by atoms with Crippen LogP contribution in [0.2, 0.25) is 0 Å². The number of hydrogen-bond donors (Lipinski definition) is 2. The summed E-state index contributed by atoms with van der Waals surface area (Å²) in [5, 5.41) is 3.43. The monoisotopic (exact) mass is 440 g/mol. The smallest absolute Gasteiger partial charge is 0.182 e. The van der Waals surface area contributed by atoms with Crippen LogP contribution >= 0.6 is 0 Å². The van der Waals surface area contributed by atoms with Gasteiger partial charge in [-0.1, -0.05) is 30.3 Å². The number of halogens is 1. The number of carbonyl (C=O) groups excluding carboxylic acids is 1. The Morgan fingerprint density at radius 2 is 1.94 bits per heavy atom. The zero-order chi connectivity index (χ0) is 22.5. The Bertz CT molecular complexity index is 1400. The van der Waals surface area contributed by atoms with Gasteiger partial charge in [0.2, 0.25) is 0 Å². The first kappa shape index (κ1) is 19.7. The van der Waals surface area contributed by atoms with Gasteiger partial charge in [-0.3, -0.25) is 9.79 Å². The topological polar surface area (TPSA) is 95.9 Å². The SMILES string of the molecule is CC(Nc1ncnc2nc[nH]c12)C1=Nc2ccc(F)cc2C(=O)C2C(Cc3ccccc3)C12. The Hall–Kier alpha value is -3.94. The molecule has 0 saturated heterocycles. The van der Waals surface area contributed by atoms with E-state index in [1.807, 2.05) is 25.1 Å². The highest BCUT2D eigenvalue weighted by molar-refractivity contribution is 6.13. The van der Waals surface area contributed by atoms with Crippen LogP contribution in [0.25, 0.3) is 11.2 Å². The second-order valence-electron chi connectivity index (χ2n) is 8.66. The van der Waals surface area contributed by atoms with Crippen molar-refractivity contribution >= 4 is 34.2 Å². The highest BCUT2D eigenvalue weighted by Crippen LogP contribution is 2.54. The van der Waals surface area contributed by atoms with Crippen molar-refractivity contribution in [3.63, 3.8) is 0 Å². The molecule has 1 fully saturated rings. The summed E-state index contributed by atoms with van der Waals surface area (Å²) in [7, 11) is 0. The van der Waals surface area contributed by atoms with Crippen LogP contribution in [0.15, 0.2) is 66.2 Å². The molecule has 0 bridgehead atoms. The van der Waals surface area contributed by atoms with Crippen molar-refractivity contribution < 1.29 is 9.18 Å². The fourth-order valence-electron chi connectivity index (χ4n) is 5.01. The summed E-state index contributed by atoms with van der Waals surface area (Å²) in [6.45, 7) is 2.01. The Kier molecular flexibility index (Phi) is 4.53. The number of rotatable bonds is 5. The van der Waals surface area contributed by atoms with E-state index in [-0.39, 0.29) is 29.6 Å². The molecule has 1 saturated carbocycles. The Balaban J connectivity index is 1.38. The van der Waals surface area contributed by atoms with E-state index in [2.05, 4.69) is 37.4 Å². The lowest BCUT2D eigenvalue weighted by molar-refractivity contribution is 0.0959. The number of hydrogen-bond acceptors (Lipinski definition) is 6. The summed E-state index contributed by atoms with van der Waals surface area (Å²) in [4.78, 5) is 34.1. The van der Waals surface area contributed by atoms with Crippen LogP contribution in [0, 0.1) is 23.6 Å². The van der Waals surface area contributed by atoms with Crippen molar-refractivity contribution in [2.45, 2.75) is 19.4 Å². The minimum absolute atomic E-state index is 0.0187. The van der Waals surface area contributed by atoms with E-state index in [0.717, 1.165) is 12.1 Å². The van der Waals surface area contributed by atoms with Crippen molar-refractivity contribution in [1.29, 1.82) is 0 Å². The zero-order valence-corrected chi connectivity index (χ0v) is 17.9. The number of anilines is 1. The molecular formula is C25H21FN6O. The predicted molar refractivity (Wildman–Crippen MR) is 123 cm³/mol. The van der Waals surface area contributed by atoms with E-state index in [4.69, 9.17) is 4.99 Å². The van der Waals surface area contributed by atoms with Crippen LogP contribution in [0.1, 0.15) is 22.8 Å². The molecule has 6 rings (SSSR count). The van der Waals surface area contributed by atoms with E-state index >= 15 is 0 Å². The number of imidazole rings is 1. The van der Waals surface area contributed by atoms with Gasteiger partial charge in [-0.25, -0.2) is 19.3 Å². The van der Waals surface area contributed by atoms with Crippen LogP contribution < -0.4 is 5.32 Å². The first-order chi connectivity index (χ1) is 16.1. The number of nitrogens with zero attached hydrogens (tertiary/aromatic N) is 4. The van der Waals surface area contributed by atoms with E-state index in [0.29, 0.717) is 28.2 Å². The number of benzene rings is 2. The average Bonchev–Trinajstić information content (AvgIpc) is 3.32. The number of H-pyrrole nitrogens is 1. The molecule has 4 aromatic rings. The largest absolute Gasteiger partial charge is 0.360 e. The molecule has 4 atom stereocenters. The quantitative estimate of drug-likeness (QED) is 0.481. The van der Waals surface area contributed by atoms with Gasteiger partial charge < -0.3 is 10.3 Å². The molecule has 164 valence electrons. The summed E-state index contributed by atoms with van der Waals surface area (Å²) >= 11 is 0. The first-order valence-corrected chi connectivity index (χ1v) is 11.0. The Morgan fingerprint density at radius 3 is 2.79 bits per heavy atom. The van der Waals surface area contributed by atoms with Crippen molar-refractivity contribution in [1.82, 2.24) is 19.9 Å². The van der Waals surface area contributed by atoms with Crippen molar-refractivity contribution in [2.24, 2.45) is 22.7 Å². The van der Waals surface area contributed by atoms with Crippen LogP contribution in [0.5, 0.6) is 0 Å². The fourth-order valence-corrected chi connectivity index (χ4v) is 5.01. The molecule has 0 spiro atoms. The second-order valence-corrected chi connectivity index (χ2v) is 8.66. The van der Waals surface area contributed by atoms with Crippen LogP contribution in [0.4, 0.5) is 15.9 Å². The average molecular weight is 440 g/mol. The lowest BCUT2D eigenvalue weighted by atomic mass is 10.0. The third-order valence-corrected chi connectivity index (χ3v) is 6.62. The van der Waals surface area contributed by atoms with E-state index in [1.165, 1.54) is 24.0 Å². The molecule has 3 heterocycles. The molecule has 2 aromatic carbocycles. The summed E-state index contributed by atoms with van der Waals surface area (Å²) in [5.41, 5.74) is 4.23. The number of Topliss-reactive ketones (excluding diaryl/α,β-unsaturated/α-hetero) is 1. The van der Waals surface area contributed by atoms with Gasteiger partial charge in [0.05, 0.1) is 18.1 Å². The third-order valence-electron chi connectivity index (χ3n) is 6.62. The maximum Gasteiger partial charge on any atom is 0.182 e. The summed E-state index contributed by atoms with van der Waals surface area (Å²) in [5.74, 6) is 0.0608. The number of carbonyl (C=O) groups is 1. The van der Waals surface area contributed by atoms with Crippen molar-refractivity contribution in [3.05, 3.63) is 78.1 Å². The van der Waals surface area contributed by atoms with Gasteiger partial charge in [-0.15, -0.1) is 0 Å². The zero-order valence-electron chi connectivity index (χ0n) is 17.9. The Morgan fingerprint density at radius 1 is 1.09 bits per heavy atom. The van der Waals surface area contributed by atoms with Gasteiger partial charge in [0, 0.05) is 23.1 Å². The highest BCUT2D eigenvalue weighted by atomic mass is 19.1. The number of nitrogens with one attached hydrogen (secondary N) is 2. The minimum atomic E-state index is -0.425. The number of aliphatic imine (C=N–C) groups is 1. The maximum absolute atomic E-state index is 14.0. The van der Waals surface area contributed by atoms with Gasteiger partial charge >= 0.3 is 0 Å². The van der Waals surface area contributed by atoms with E-state index in [1.54, 1.807) is 12.4 Å². The number of aromatic nitrogens is 4. The normalized spacial score (nSPS) is 22.2. The number of aromatic amines is 1. The Labute approximate surface area is 189 Å². The highest BCUT2D eigenvalue weighted by Gasteiger charge is 2.58. The van der Waals surface area contributed by atoms with Gasteiger partial charge in [0.15, 0.2) is 17.2 Å². The van der Waals surface area contributed by atoms with Crippen LogP contribution in [-0.4, -0.2) is 37.5 Å². The molecule has 0 amide bonds. The van der Waals surface area contributed by atoms with Gasteiger partial charge in [0.1, 0.15) is 17.7 Å². The minimum Gasteiger partial charge on any atom is -0.360 e. The van der Waals surface area contributed by atoms with Crippen molar-refractivity contribution in [2.75, 3.05) is 5.32 Å². The molecule has 8 heteroatoms. The van der Waals surface area contributed by atoms with Crippen LogP contribution in [0.3, 0.4) is 0 Å². The molecule has 4 unspecified atom stereocenters.